The third kappa shape index (κ3) is 2.42. The van der Waals surface area contributed by atoms with E-state index in [0.29, 0.717) is 0 Å². The van der Waals surface area contributed by atoms with Gasteiger partial charge in [0.2, 0.25) is 0 Å². The number of nitrogens with zero attached hydrogens (tertiary/aromatic N) is 2. The van der Waals surface area contributed by atoms with E-state index >= 15 is 0 Å². The first-order valence-electron chi connectivity index (χ1n) is 4.34. The van der Waals surface area contributed by atoms with E-state index in [4.69, 9.17) is 10.8 Å². The molecule has 0 aliphatic rings. The molecule has 0 fully saturated rings. The van der Waals surface area contributed by atoms with Crippen molar-refractivity contribution in [2.75, 3.05) is 12.3 Å². The Kier molecular flexibility index (Phi) is 3.72. The van der Waals surface area contributed by atoms with Crippen molar-refractivity contribution in [3.63, 3.8) is 0 Å². The second-order valence-corrected chi connectivity index (χ2v) is 3.12. The average Bonchev–Trinajstić information content (AvgIpc) is 2.27. The molecule has 8 heteroatoms. The minimum atomic E-state index is -1.52. The van der Waals surface area contributed by atoms with Gasteiger partial charge in [0.25, 0.3) is 5.69 Å². The highest BCUT2D eigenvalue weighted by atomic mass is 16.6. The molecule has 2 atom stereocenters. The number of aliphatic hydroxyl groups excluding tert-OH is 3. The summed E-state index contributed by atoms with van der Waals surface area (Å²) < 4.78 is 0. The molecule has 0 bridgehead atoms. The average molecular weight is 229 g/mol. The maximum atomic E-state index is 10.5. The van der Waals surface area contributed by atoms with Crippen molar-refractivity contribution in [1.29, 1.82) is 0 Å². The predicted octanol–water partition coefficient (Wildman–Crippen LogP) is -1.04. The van der Waals surface area contributed by atoms with E-state index in [-0.39, 0.29) is 17.1 Å². The van der Waals surface area contributed by atoms with Crippen LogP contribution < -0.4 is 5.73 Å². The fourth-order valence-corrected chi connectivity index (χ4v) is 1.12. The number of hydrogen-bond donors (Lipinski definition) is 4. The van der Waals surface area contributed by atoms with Gasteiger partial charge < -0.3 is 21.1 Å². The quantitative estimate of drug-likeness (QED) is 0.381. The Labute approximate surface area is 90.1 Å². The molecule has 0 amide bonds. The van der Waals surface area contributed by atoms with Crippen LogP contribution in [0, 0.1) is 10.1 Å². The molecule has 0 aliphatic heterocycles. The molecule has 8 nitrogen and oxygen atoms in total. The largest absolute Gasteiger partial charge is 0.394 e. The van der Waals surface area contributed by atoms with Crippen molar-refractivity contribution in [1.82, 2.24) is 4.98 Å². The van der Waals surface area contributed by atoms with Gasteiger partial charge >= 0.3 is 0 Å². The van der Waals surface area contributed by atoms with E-state index in [1.165, 1.54) is 0 Å². The van der Waals surface area contributed by atoms with Gasteiger partial charge in [-0.25, -0.2) is 4.98 Å². The topological polar surface area (TPSA) is 143 Å². The van der Waals surface area contributed by atoms with Gasteiger partial charge in [0, 0.05) is 11.6 Å². The monoisotopic (exact) mass is 229 g/mol. The zero-order chi connectivity index (χ0) is 12.3. The number of nitrogen functional groups attached to an aromatic ring is 1. The van der Waals surface area contributed by atoms with Crippen molar-refractivity contribution in [3.8, 4) is 0 Å². The van der Waals surface area contributed by atoms with Crippen LogP contribution in [0.2, 0.25) is 0 Å². The summed E-state index contributed by atoms with van der Waals surface area (Å²) in [6.07, 6.45) is -2.04. The Morgan fingerprint density at radius 2 is 2.19 bits per heavy atom. The third-order valence-electron chi connectivity index (χ3n) is 2.02. The van der Waals surface area contributed by atoms with E-state index in [2.05, 4.69) is 4.98 Å². The van der Waals surface area contributed by atoms with E-state index in [1.54, 1.807) is 0 Å². The molecule has 16 heavy (non-hydrogen) atoms. The molecule has 0 radical (unpaired) electrons. The maximum absolute atomic E-state index is 10.5. The van der Waals surface area contributed by atoms with E-state index in [9.17, 15) is 20.3 Å². The summed E-state index contributed by atoms with van der Waals surface area (Å²) in [6, 6.07) is 1.01. The van der Waals surface area contributed by atoms with Crippen LogP contribution >= 0.6 is 0 Å². The van der Waals surface area contributed by atoms with Gasteiger partial charge in [0.05, 0.1) is 11.5 Å². The Hall–Kier alpha value is -1.77. The van der Waals surface area contributed by atoms with Gasteiger partial charge in [0.15, 0.2) is 0 Å². The molecule has 1 heterocycles. The highest BCUT2D eigenvalue weighted by Gasteiger charge is 2.23. The first-order valence-corrected chi connectivity index (χ1v) is 4.34. The van der Waals surface area contributed by atoms with Crippen molar-refractivity contribution in [2.24, 2.45) is 0 Å². The molecule has 88 valence electrons. The summed E-state index contributed by atoms with van der Waals surface area (Å²) in [5.41, 5.74) is 4.96. The van der Waals surface area contributed by atoms with Crippen LogP contribution in [-0.2, 0) is 0 Å². The number of hydrogen-bond acceptors (Lipinski definition) is 7. The Morgan fingerprint density at radius 1 is 1.56 bits per heavy atom. The first-order chi connectivity index (χ1) is 7.47. The number of nitrogens with two attached hydrogens (primary N) is 1. The second-order valence-electron chi connectivity index (χ2n) is 3.12. The van der Waals surface area contributed by atoms with Gasteiger partial charge in [-0.2, -0.15) is 0 Å². The van der Waals surface area contributed by atoms with Crippen LogP contribution in [0.15, 0.2) is 12.3 Å². The predicted molar refractivity (Wildman–Crippen MR) is 53.4 cm³/mol. The lowest BCUT2D eigenvalue weighted by Crippen LogP contribution is -2.23. The number of aromatic nitrogens is 1. The molecular weight excluding hydrogens is 218 g/mol. The van der Waals surface area contributed by atoms with Crippen molar-refractivity contribution in [2.45, 2.75) is 12.2 Å². The van der Waals surface area contributed by atoms with Crippen molar-refractivity contribution in [3.05, 3.63) is 27.9 Å². The van der Waals surface area contributed by atoms with Gasteiger partial charge in [-0.3, -0.25) is 10.1 Å². The maximum Gasteiger partial charge on any atom is 0.288 e. The van der Waals surface area contributed by atoms with Crippen LogP contribution in [-0.4, -0.2) is 37.9 Å². The van der Waals surface area contributed by atoms with Crippen LogP contribution in [0.5, 0.6) is 0 Å². The first kappa shape index (κ1) is 12.3. The summed E-state index contributed by atoms with van der Waals surface area (Å²) in [5.74, 6) is -0.134. The molecular formula is C8H11N3O5. The Bertz CT molecular complexity index is 397. The lowest BCUT2D eigenvalue weighted by Gasteiger charge is -2.16. The Balaban J connectivity index is 3.11. The molecule has 0 spiro atoms. The molecule has 0 saturated heterocycles. The molecule has 2 unspecified atom stereocenters. The summed E-state index contributed by atoms with van der Waals surface area (Å²) in [4.78, 5) is 13.3. The molecule has 1 aromatic rings. The minimum Gasteiger partial charge on any atom is -0.394 e. The normalized spacial score (nSPS) is 14.4. The van der Waals surface area contributed by atoms with E-state index in [1.807, 2.05) is 0 Å². The summed E-state index contributed by atoms with van der Waals surface area (Å²) in [5, 5.41) is 37.8. The molecule has 1 aromatic heterocycles. The zero-order valence-corrected chi connectivity index (χ0v) is 8.15. The number of anilines is 1. The lowest BCUT2D eigenvalue weighted by molar-refractivity contribution is -0.385. The smallest absolute Gasteiger partial charge is 0.288 e. The van der Waals surface area contributed by atoms with Gasteiger partial charge in [-0.15, -0.1) is 0 Å². The summed E-state index contributed by atoms with van der Waals surface area (Å²) in [7, 11) is 0. The lowest BCUT2D eigenvalue weighted by atomic mass is 10.1. The standard InChI is InChI=1S/C8H11N3O5/c9-8-5(7(14)6(13)3-12)1-4(2-10-8)11(15)16/h1-2,6-7,12-14H,3H2,(H2,9,10). The highest BCUT2D eigenvalue weighted by Crippen LogP contribution is 2.25. The van der Waals surface area contributed by atoms with Crippen molar-refractivity contribution < 1.29 is 20.2 Å². The SMILES string of the molecule is Nc1ncc([N+](=O)[O-])cc1C(O)C(O)CO. The summed E-state index contributed by atoms with van der Waals surface area (Å²) >= 11 is 0. The number of nitro groups is 1. The molecule has 0 saturated carbocycles. The minimum absolute atomic E-state index is 0.0873. The van der Waals surface area contributed by atoms with Crippen LogP contribution in [0.4, 0.5) is 11.5 Å². The summed E-state index contributed by atoms with van der Waals surface area (Å²) in [6.45, 7) is -0.691. The molecule has 1 rings (SSSR count). The fraction of sp³-hybridized carbons (Fsp3) is 0.375. The van der Waals surface area contributed by atoms with Crippen LogP contribution in [0.25, 0.3) is 0 Å². The second kappa shape index (κ2) is 4.84. The number of pyridine rings is 1. The van der Waals surface area contributed by atoms with E-state index in [0.717, 1.165) is 12.3 Å². The fourth-order valence-electron chi connectivity index (χ4n) is 1.12. The Morgan fingerprint density at radius 3 is 2.69 bits per heavy atom. The highest BCUT2D eigenvalue weighted by molar-refractivity contribution is 5.47. The van der Waals surface area contributed by atoms with E-state index < -0.39 is 23.7 Å². The van der Waals surface area contributed by atoms with Crippen molar-refractivity contribution >= 4 is 11.5 Å². The molecule has 0 aromatic carbocycles. The number of rotatable bonds is 4. The van der Waals surface area contributed by atoms with Crippen LogP contribution in [0.3, 0.4) is 0 Å². The van der Waals surface area contributed by atoms with Gasteiger partial charge in [0.1, 0.15) is 24.2 Å². The number of aliphatic hydroxyl groups is 3. The molecule has 0 aliphatic carbocycles. The zero-order valence-electron chi connectivity index (χ0n) is 8.15. The van der Waals surface area contributed by atoms with Crippen LogP contribution in [0.1, 0.15) is 11.7 Å². The van der Waals surface area contributed by atoms with Gasteiger partial charge in [-0.05, 0) is 0 Å². The van der Waals surface area contributed by atoms with Gasteiger partial charge in [-0.1, -0.05) is 0 Å². The third-order valence-corrected chi connectivity index (χ3v) is 2.02. The molecule has 5 N–H and O–H groups in total.